The van der Waals surface area contributed by atoms with Crippen LogP contribution < -0.4 is 0 Å². The molecule has 0 saturated carbocycles. The molecule has 7 aromatic carbocycles. The Bertz CT molecular complexity index is 2350. The second kappa shape index (κ2) is 9.71. The van der Waals surface area contributed by atoms with Gasteiger partial charge in [-0.1, -0.05) is 109 Å². The molecule has 0 aliphatic heterocycles. The van der Waals surface area contributed by atoms with Gasteiger partial charge in [-0.05, 0) is 67.4 Å². The minimum Gasteiger partial charge on any atom is -0.336 e. The van der Waals surface area contributed by atoms with Crippen LogP contribution >= 0.6 is 0 Å². The average Bonchev–Trinajstić information content (AvgIpc) is 3.76. The minimum atomic E-state index is 0.591. The normalized spacial score (nSPS) is 11.6. The Kier molecular flexibility index (Phi) is 5.40. The third-order valence-electron chi connectivity index (χ3n) is 8.40. The van der Waals surface area contributed by atoms with Crippen molar-refractivity contribution in [3.05, 3.63) is 133 Å². The summed E-state index contributed by atoms with van der Waals surface area (Å²) in [6, 6.07) is 45.9. The van der Waals surface area contributed by atoms with Crippen LogP contribution in [0.25, 0.3) is 88.3 Å². The summed E-state index contributed by atoms with van der Waals surface area (Å²) >= 11 is 0. The lowest BCUT2D eigenvalue weighted by atomic mass is 9.93. The highest BCUT2D eigenvalue weighted by atomic mass is 16.5. The van der Waals surface area contributed by atoms with Crippen LogP contribution in [0.1, 0.15) is 0 Å². The van der Waals surface area contributed by atoms with Crippen molar-refractivity contribution in [2.45, 2.75) is 0 Å². The fourth-order valence-electron chi connectivity index (χ4n) is 6.31. The third kappa shape index (κ3) is 3.82. The first-order chi connectivity index (χ1) is 21.8. The van der Waals surface area contributed by atoms with Crippen molar-refractivity contribution in [2.24, 2.45) is 0 Å². The van der Waals surface area contributed by atoms with Gasteiger partial charge in [0.15, 0.2) is 11.5 Å². The Morgan fingerprint density at radius 1 is 0.341 bits per heavy atom. The van der Waals surface area contributed by atoms with E-state index in [1.165, 1.54) is 10.8 Å². The largest absolute Gasteiger partial charge is 0.336 e. The van der Waals surface area contributed by atoms with E-state index in [1.807, 2.05) is 36.4 Å². The molecule has 0 radical (unpaired) electrons. The number of benzene rings is 7. The third-order valence-corrected chi connectivity index (χ3v) is 8.40. The lowest BCUT2D eigenvalue weighted by molar-refractivity contribution is 0.404. The number of rotatable bonds is 4. The molecule has 0 atom stereocenters. The van der Waals surface area contributed by atoms with E-state index in [1.54, 1.807) is 0 Å². The smallest absolute Gasteiger partial charge is 0.195 e. The van der Waals surface area contributed by atoms with Crippen molar-refractivity contribution in [3.8, 4) is 45.2 Å². The fourth-order valence-corrected chi connectivity index (χ4v) is 6.31. The summed E-state index contributed by atoms with van der Waals surface area (Å²) in [6.07, 6.45) is 0. The molecule has 2 heterocycles. The quantitative estimate of drug-likeness (QED) is 0.197. The van der Waals surface area contributed by atoms with Crippen molar-refractivity contribution >= 4 is 43.1 Å². The van der Waals surface area contributed by atoms with Crippen molar-refractivity contribution in [2.75, 3.05) is 0 Å². The molecule has 0 aliphatic rings. The van der Waals surface area contributed by atoms with Crippen molar-refractivity contribution in [1.82, 2.24) is 20.7 Å². The number of hydrogen-bond donors (Lipinski definition) is 0. The molecule has 0 unspecified atom stereocenters. The summed E-state index contributed by atoms with van der Waals surface area (Å²) in [5.41, 5.74) is 4.73. The first-order valence-electron chi connectivity index (χ1n) is 14.4. The first kappa shape index (κ1) is 24.5. The van der Waals surface area contributed by atoms with Crippen LogP contribution in [0.15, 0.2) is 143 Å². The maximum absolute atomic E-state index is 5.89. The topological polar surface area (TPSA) is 77.8 Å². The zero-order chi connectivity index (χ0) is 29.0. The lowest BCUT2D eigenvalue weighted by Crippen LogP contribution is -1.91. The van der Waals surface area contributed by atoms with Crippen LogP contribution in [-0.4, -0.2) is 20.7 Å². The fraction of sp³-hybridized carbons (Fsp3) is 0. The second-order valence-electron chi connectivity index (χ2n) is 10.9. The molecule has 9 aromatic rings. The number of fused-ring (bicyclic) bond motifs is 4. The molecule has 0 bridgehead atoms. The predicted molar refractivity (Wildman–Crippen MR) is 174 cm³/mol. The Balaban J connectivity index is 1.22. The van der Waals surface area contributed by atoms with Crippen LogP contribution in [0.4, 0.5) is 0 Å². The van der Waals surface area contributed by atoms with E-state index in [4.69, 9.17) is 9.05 Å². The SMILES string of the molecule is c1ccc(-c2nnoc2-c2cccc3cc4ccccc4cc23)c(-c2nnoc2-c2cccc3cc4ccccc4cc23)c1. The van der Waals surface area contributed by atoms with Gasteiger partial charge in [0.1, 0.15) is 11.4 Å². The summed E-state index contributed by atoms with van der Waals surface area (Å²) in [4.78, 5) is 0. The molecule has 6 heteroatoms. The van der Waals surface area contributed by atoms with Crippen LogP contribution in [0.3, 0.4) is 0 Å². The van der Waals surface area contributed by atoms with Crippen LogP contribution in [0.2, 0.25) is 0 Å². The number of hydrogen-bond acceptors (Lipinski definition) is 6. The Morgan fingerprint density at radius 3 is 1.16 bits per heavy atom. The van der Waals surface area contributed by atoms with E-state index in [9.17, 15) is 0 Å². The summed E-state index contributed by atoms with van der Waals surface area (Å²) in [7, 11) is 0. The van der Waals surface area contributed by atoms with Gasteiger partial charge < -0.3 is 9.05 Å². The van der Waals surface area contributed by atoms with Gasteiger partial charge in [-0.25, -0.2) is 0 Å². The van der Waals surface area contributed by atoms with Crippen molar-refractivity contribution in [3.63, 3.8) is 0 Å². The van der Waals surface area contributed by atoms with Crippen LogP contribution in [-0.2, 0) is 0 Å². The standard InChI is InChI=1S/C38H22N4O2/c1-3-11-25-21-33-27(19-23(25)9-1)13-7-17-31(33)37-35(39-41-43-37)29-15-5-6-16-30(29)36-38(44-42-40-36)32-18-8-14-28-20-24-10-2-4-12-26(24)22-34(28)32/h1-22H. The van der Waals surface area contributed by atoms with Crippen LogP contribution in [0.5, 0.6) is 0 Å². The molecule has 0 spiro atoms. The maximum atomic E-state index is 5.89. The summed E-state index contributed by atoms with van der Waals surface area (Å²) in [6.45, 7) is 0. The second-order valence-corrected chi connectivity index (χ2v) is 10.9. The molecule has 0 amide bonds. The predicted octanol–water partition coefficient (Wildman–Crippen LogP) is 9.73. The van der Waals surface area contributed by atoms with Crippen molar-refractivity contribution < 1.29 is 9.05 Å². The molecule has 6 nitrogen and oxygen atoms in total. The zero-order valence-corrected chi connectivity index (χ0v) is 23.3. The summed E-state index contributed by atoms with van der Waals surface area (Å²) in [5, 5.41) is 26.1. The van der Waals surface area contributed by atoms with Gasteiger partial charge in [-0.3, -0.25) is 0 Å². The van der Waals surface area contributed by atoms with E-state index in [-0.39, 0.29) is 0 Å². The van der Waals surface area contributed by atoms with Gasteiger partial charge in [0.25, 0.3) is 0 Å². The number of aromatic nitrogens is 4. The van der Waals surface area contributed by atoms with E-state index in [2.05, 4.69) is 118 Å². The molecule has 44 heavy (non-hydrogen) atoms. The molecule has 2 aromatic heterocycles. The summed E-state index contributed by atoms with van der Waals surface area (Å²) < 4.78 is 11.8. The molecule has 0 saturated heterocycles. The highest BCUT2D eigenvalue weighted by Crippen LogP contribution is 2.42. The Hall–Kier alpha value is -6.14. The highest BCUT2D eigenvalue weighted by Gasteiger charge is 2.24. The monoisotopic (exact) mass is 566 g/mol. The lowest BCUT2D eigenvalue weighted by Gasteiger charge is -2.10. The van der Waals surface area contributed by atoms with Gasteiger partial charge in [0.2, 0.25) is 0 Å². The first-order valence-corrected chi connectivity index (χ1v) is 14.4. The van der Waals surface area contributed by atoms with Gasteiger partial charge >= 0.3 is 0 Å². The van der Waals surface area contributed by atoms with Crippen molar-refractivity contribution in [1.29, 1.82) is 0 Å². The average molecular weight is 567 g/mol. The Morgan fingerprint density at radius 2 is 0.705 bits per heavy atom. The molecular weight excluding hydrogens is 544 g/mol. The maximum Gasteiger partial charge on any atom is 0.195 e. The Labute approximate surface area is 251 Å². The summed E-state index contributed by atoms with van der Waals surface area (Å²) in [5.74, 6) is 1.18. The van der Waals surface area contributed by atoms with Gasteiger partial charge in [0.05, 0.1) is 0 Å². The molecule has 9 rings (SSSR count). The van der Waals surface area contributed by atoms with Gasteiger partial charge in [-0.15, -0.1) is 10.2 Å². The van der Waals surface area contributed by atoms with Crippen LogP contribution in [0, 0.1) is 0 Å². The van der Waals surface area contributed by atoms with E-state index in [0.717, 1.165) is 54.6 Å². The molecular formula is C38H22N4O2. The minimum absolute atomic E-state index is 0.591. The highest BCUT2D eigenvalue weighted by molar-refractivity contribution is 6.08. The molecule has 206 valence electrons. The van der Waals surface area contributed by atoms with E-state index < -0.39 is 0 Å². The van der Waals surface area contributed by atoms with E-state index >= 15 is 0 Å². The zero-order valence-electron chi connectivity index (χ0n) is 23.3. The molecule has 0 N–H and O–H groups in total. The van der Waals surface area contributed by atoms with E-state index in [0.29, 0.717) is 22.9 Å². The number of nitrogens with zero attached hydrogens (tertiary/aromatic N) is 4. The van der Waals surface area contributed by atoms with Gasteiger partial charge in [-0.2, -0.15) is 0 Å². The molecule has 0 fully saturated rings. The van der Waals surface area contributed by atoms with Gasteiger partial charge in [0, 0.05) is 32.8 Å². The molecule has 0 aliphatic carbocycles.